The molecule has 28 heavy (non-hydrogen) atoms. The predicted octanol–water partition coefficient (Wildman–Crippen LogP) is 3.70. The summed E-state index contributed by atoms with van der Waals surface area (Å²) in [4.78, 5) is 28.5. The first-order chi connectivity index (χ1) is 13.5. The Hall–Kier alpha value is -3.32. The molecule has 0 saturated carbocycles. The van der Waals surface area contributed by atoms with Crippen LogP contribution in [0.5, 0.6) is 11.5 Å². The minimum atomic E-state index is -0.616. The van der Waals surface area contributed by atoms with Crippen molar-refractivity contribution in [2.75, 3.05) is 26.1 Å². The van der Waals surface area contributed by atoms with Gasteiger partial charge in [-0.1, -0.05) is 11.6 Å². The highest BCUT2D eigenvalue weighted by Crippen LogP contribution is 2.25. The molecule has 2 aromatic carbocycles. The monoisotopic (exact) mass is 400 g/mol. The summed E-state index contributed by atoms with van der Waals surface area (Å²) in [6, 6.07) is 13.2. The molecule has 0 aliphatic carbocycles. The first-order valence-corrected chi connectivity index (χ1v) is 8.62. The summed E-state index contributed by atoms with van der Waals surface area (Å²) in [6.07, 6.45) is 0. The predicted molar refractivity (Wildman–Crippen MR) is 105 cm³/mol. The van der Waals surface area contributed by atoms with Gasteiger partial charge in [0.2, 0.25) is 0 Å². The highest BCUT2D eigenvalue weighted by atomic mass is 35.5. The van der Waals surface area contributed by atoms with Gasteiger partial charge >= 0.3 is 5.97 Å². The first-order valence-electron chi connectivity index (χ1n) is 8.25. The molecule has 8 heteroatoms. The number of anilines is 1. The van der Waals surface area contributed by atoms with Crippen LogP contribution >= 0.6 is 11.6 Å². The molecule has 0 radical (unpaired) electrons. The van der Waals surface area contributed by atoms with Gasteiger partial charge in [-0.3, -0.25) is 4.79 Å². The molecule has 1 N–H and O–H groups in total. The SMILES string of the molecule is COc1cc(NC(=O)COC(=O)c2ccc3nc(Cl)ccc3c2)cc(OC)c1. The lowest BCUT2D eigenvalue weighted by atomic mass is 10.1. The van der Waals surface area contributed by atoms with Crippen LogP contribution in [-0.4, -0.2) is 37.7 Å². The van der Waals surface area contributed by atoms with Gasteiger partial charge in [-0.05, 0) is 30.3 Å². The average Bonchev–Trinajstić information content (AvgIpc) is 2.71. The number of hydrogen-bond acceptors (Lipinski definition) is 6. The Kier molecular flexibility index (Phi) is 5.96. The Morgan fingerprint density at radius 1 is 1.00 bits per heavy atom. The van der Waals surface area contributed by atoms with E-state index in [-0.39, 0.29) is 0 Å². The number of rotatable bonds is 6. The maximum atomic E-state index is 12.2. The van der Waals surface area contributed by atoms with Gasteiger partial charge < -0.3 is 19.5 Å². The van der Waals surface area contributed by atoms with E-state index in [9.17, 15) is 9.59 Å². The number of pyridine rings is 1. The standard InChI is InChI=1S/C20H17ClN2O5/c1-26-15-8-14(9-16(10-15)27-2)22-19(24)11-28-20(25)13-3-5-17-12(7-13)4-6-18(21)23-17/h3-10H,11H2,1-2H3,(H,22,24). The van der Waals surface area contributed by atoms with Crippen LogP contribution in [0.1, 0.15) is 10.4 Å². The van der Waals surface area contributed by atoms with Gasteiger partial charge in [0.1, 0.15) is 16.7 Å². The van der Waals surface area contributed by atoms with E-state index < -0.39 is 18.5 Å². The fourth-order valence-corrected chi connectivity index (χ4v) is 2.67. The molecule has 1 aromatic heterocycles. The number of methoxy groups -OCH3 is 2. The van der Waals surface area contributed by atoms with Crippen LogP contribution in [0.25, 0.3) is 10.9 Å². The van der Waals surface area contributed by atoms with Gasteiger partial charge in [0, 0.05) is 29.3 Å². The Morgan fingerprint density at radius 2 is 1.71 bits per heavy atom. The number of halogens is 1. The van der Waals surface area contributed by atoms with E-state index in [0.29, 0.717) is 33.4 Å². The van der Waals surface area contributed by atoms with Gasteiger partial charge in [0.25, 0.3) is 5.91 Å². The molecule has 0 spiro atoms. The van der Waals surface area contributed by atoms with Gasteiger partial charge in [-0.2, -0.15) is 0 Å². The van der Waals surface area contributed by atoms with Crippen LogP contribution in [0.4, 0.5) is 5.69 Å². The summed E-state index contributed by atoms with van der Waals surface area (Å²) < 4.78 is 15.4. The minimum absolute atomic E-state index is 0.312. The summed E-state index contributed by atoms with van der Waals surface area (Å²) in [5, 5.41) is 3.74. The smallest absolute Gasteiger partial charge is 0.338 e. The number of carbonyl (C=O) groups excluding carboxylic acids is 2. The van der Waals surface area contributed by atoms with Crippen molar-refractivity contribution in [3.8, 4) is 11.5 Å². The zero-order valence-corrected chi connectivity index (χ0v) is 15.9. The van der Waals surface area contributed by atoms with Crippen molar-refractivity contribution in [1.82, 2.24) is 4.98 Å². The van der Waals surface area contributed by atoms with Gasteiger partial charge in [0.15, 0.2) is 6.61 Å². The first kappa shape index (κ1) is 19.4. The summed E-state index contributed by atoms with van der Waals surface area (Å²) >= 11 is 5.85. The molecule has 0 atom stereocenters. The second-order valence-electron chi connectivity index (χ2n) is 5.77. The van der Waals surface area contributed by atoms with Crippen molar-refractivity contribution in [3.63, 3.8) is 0 Å². The minimum Gasteiger partial charge on any atom is -0.497 e. The molecule has 144 valence electrons. The van der Waals surface area contributed by atoms with Gasteiger partial charge in [-0.15, -0.1) is 0 Å². The lowest BCUT2D eigenvalue weighted by molar-refractivity contribution is -0.119. The average molecular weight is 401 g/mol. The van der Waals surface area contributed by atoms with Crippen molar-refractivity contribution in [3.05, 3.63) is 59.2 Å². The summed E-state index contributed by atoms with van der Waals surface area (Å²) in [6.45, 7) is -0.435. The van der Waals surface area contributed by atoms with Crippen molar-refractivity contribution in [2.24, 2.45) is 0 Å². The third-order valence-electron chi connectivity index (χ3n) is 3.86. The van der Waals surface area contributed by atoms with Crippen molar-refractivity contribution >= 4 is 40.1 Å². The highest BCUT2D eigenvalue weighted by Gasteiger charge is 2.12. The summed E-state index contributed by atoms with van der Waals surface area (Å²) in [7, 11) is 3.02. The third kappa shape index (κ3) is 4.69. The lowest BCUT2D eigenvalue weighted by Crippen LogP contribution is -2.21. The van der Waals surface area contributed by atoms with Crippen LogP contribution in [-0.2, 0) is 9.53 Å². The molecule has 0 bridgehead atoms. The maximum absolute atomic E-state index is 12.2. The molecule has 0 unspecified atom stereocenters. The Balaban J connectivity index is 1.63. The van der Waals surface area contributed by atoms with E-state index in [1.54, 1.807) is 48.5 Å². The number of esters is 1. The quantitative estimate of drug-likeness (QED) is 0.501. The largest absolute Gasteiger partial charge is 0.497 e. The van der Waals surface area contributed by atoms with Crippen LogP contribution in [0.2, 0.25) is 5.15 Å². The Labute approximate surface area is 166 Å². The number of aromatic nitrogens is 1. The van der Waals surface area contributed by atoms with E-state index in [2.05, 4.69) is 10.3 Å². The van der Waals surface area contributed by atoms with Gasteiger partial charge in [-0.25, -0.2) is 9.78 Å². The van der Waals surface area contributed by atoms with Crippen LogP contribution in [0, 0.1) is 0 Å². The highest BCUT2D eigenvalue weighted by molar-refractivity contribution is 6.29. The molecule has 1 heterocycles. The van der Waals surface area contributed by atoms with Crippen LogP contribution in [0.3, 0.4) is 0 Å². The van der Waals surface area contributed by atoms with Gasteiger partial charge in [0.05, 0.1) is 25.3 Å². The van der Waals surface area contributed by atoms with E-state index in [1.807, 2.05) is 0 Å². The Bertz CT molecular complexity index is 1020. The van der Waals surface area contributed by atoms with E-state index in [1.165, 1.54) is 14.2 Å². The number of carbonyl (C=O) groups is 2. The van der Waals surface area contributed by atoms with Crippen molar-refractivity contribution in [1.29, 1.82) is 0 Å². The molecule has 0 aliphatic rings. The second kappa shape index (κ2) is 8.58. The normalized spacial score (nSPS) is 10.4. The summed E-state index contributed by atoms with van der Waals surface area (Å²) in [5.41, 5.74) is 1.44. The molecule has 0 fully saturated rings. The zero-order chi connectivity index (χ0) is 20.1. The fraction of sp³-hybridized carbons (Fsp3) is 0.150. The third-order valence-corrected chi connectivity index (χ3v) is 4.07. The molecule has 0 saturated heterocycles. The lowest BCUT2D eigenvalue weighted by Gasteiger charge is -2.10. The van der Waals surface area contributed by atoms with Crippen LogP contribution in [0.15, 0.2) is 48.5 Å². The van der Waals surface area contributed by atoms with E-state index in [4.69, 9.17) is 25.8 Å². The second-order valence-corrected chi connectivity index (χ2v) is 6.15. The molecular formula is C20H17ClN2O5. The number of fused-ring (bicyclic) bond motifs is 1. The number of amides is 1. The topological polar surface area (TPSA) is 86.8 Å². The van der Waals surface area contributed by atoms with E-state index >= 15 is 0 Å². The number of benzene rings is 2. The summed E-state index contributed by atoms with van der Waals surface area (Å²) in [5.74, 6) is -0.0545. The molecular weight excluding hydrogens is 384 g/mol. The van der Waals surface area contributed by atoms with Crippen LogP contribution < -0.4 is 14.8 Å². The Morgan fingerprint density at radius 3 is 2.39 bits per heavy atom. The van der Waals surface area contributed by atoms with E-state index in [0.717, 1.165) is 5.39 Å². The molecule has 3 rings (SSSR count). The molecule has 3 aromatic rings. The number of nitrogens with zero attached hydrogens (tertiary/aromatic N) is 1. The molecule has 0 aliphatic heterocycles. The zero-order valence-electron chi connectivity index (χ0n) is 15.2. The number of ether oxygens (including phenoxy) is 3. The van der Waals surface area contributed by atoms with Crippen molar-refractivity contribution in [2.45, 2.75) is 0 Å². The molecule has 7 nitrogen and oxygen atoms in total. The number of hydrogen-bond donors (Lipinski definition) is 1. The number of nitrogens with one attached hydrogen (secondary N) is 1. The molecule has 1 amide bonds. The maximum Gasteiger partial charge on any atom is 0.338 e. The van der Waals surface area contributed by atoms with Crippen molar-refractivity contribution < 1.29 is 23.8 Å². The fourth-order valence-electron chi connectivity index (χ4n) is 2.52.